The maximum atomic E-state index is 12.7. The molecule has 1 aliphatic rings. The summed E-state index contributed by atoms with van der Waals surface area (Å²) in [4.78, 5) is 0. The van der Waals surface area contributed by atoms with Gasteiger partial charge in [-0.15, -0.1) is 0 Å². The van der Waals surface area contributed by atoms with Crippen LogP contribution in [0.3, 0.4) is 0 Å². The monoisotopic (exact) mass is 462 g/mol. The molecule has 0 fully saturated rings. The molecule has 0 saturated heterocycles. The summed E-state index contributed by atoms with van der Waals surface area (Å²) >= 11 is 3.17. The number of hydrogen-bond donors (Lipinski definition) is 0. The number of benzene rings is 2. The second-order valence-corrected chi connectivity index (χ2v) is 9.96. The van der Waals surface area contributed by atoms with Gasteiger partial charge in [0.1, 0.15) is 0 Å². The number of fused-ring (bicyclic) bond motifs is 1. The molecule has 2 aromatic carbocycles. The predicted molar refractivity (Wildman–Crippen MR) is 100 cm³/mol. The number of halogens is 4. The first kappa shape index (κ1) is 20.2. The molecule has 2 aromatic rings. The third kappa shape index (κ3) is 3.38. The molecule has 0 bridgehead atoms. The Labute approximate surface area is 164 Å². The summed E-state index contributed by atoms with van der Waals surface area (Å²) in [6.07, 6.45) is 0.723. The van der Waals surface area contributed by atoms with Gasteiger partial charge in [-0.3, -0.25) is 0 Å². The highest BCUT2D eigenvalue weighted by atomic mass is 79.9. The van der Waals surface area contributed by atoms with Crippen LogP contribution in [0.1, 0.15) is 43.9 Å². The van der Waals surface area contributed by atoms with Crippen molar-refractivity contribution in [1.29, 1.82) is 0 Å². The van der Waals surface area contributed by atoms with Crippen LogP contribution in [0.2, 0.25) is 0 Å². The molecule has 3 nitrogen and oxygen atoms in total. The Morgan fingerprint density at radius 3 is 2.19 bits per heavy atom. The molecule has 1 atom stereocenters. The Hall–Kier alpha value is -1.54. The van der Waals surface area contributed by atoms with E-state index >= 15 is 0 Å². The molecule has 0 spiro atoms. The SMILES string of the molecule is CC1(C)CC(C)(c2ccccc2)c2cc(Br)c(OS(=O)(=O)C(F)(F)F)cc21. The lowest BCUT2D eigenvalue weighted by atomic mass is 9.75. The van der Waals surface area contributed by atoms with Crippen LogP contribution < -0.4 is 4.18 Å². The first-order valence-corrected chi connectivity index (χ1v) is 10.4. The second-order valence-electron chi connectivity index (χ2n) is 7.57. The number of hydrogen-bond acceptors (Lipinski definition) is 3. The predicted octanol–water partition coefficient (Wildman–Crippen LogP) is 5.66. The molecule has 1 aliphatic carbocycles. The maximum Gasteiger partial charge on any atom is 0.534 e. The van der Waals surface area contributed by atoms with E-state index in [0.717, 1.165) is 23.1 Å². The molecule has 0 aromatic heterocycles. The Kier molecular flexibility index (Phi) is 4.67. The highest BCUT2D eigenvalue weighted by Crippen LogP contribution is 2.54. The second kappa shape index (κ2) is 6.24. The van der Waals surface area contributed by atoms with Gasteiger partial charge >= 0.3 is 15.6 Å². The van der Waals surface area contributed by atoms with Crippen LogP contribution in [-0.2, 0) is 20.9 Å². The molecule has 8 heteroatoms. The van der Waals surface area contributed by atoms with Crippen molar-refractivity contribution in [2.45, 2.75) is 43.5 Å². The molecule has 0 aliphatic heterocycles. The highest BCUT2D eigenvalue weighted by molar-refractivity contribution is 9.10. The Morgan fingerprint density at radius 1 is 1.04 bits per heavy atom. The van der Waals surface area contributed by atoms with E-state index in [0.29, 0.717) is 0 Å². The summed E-state index contributed by atoms with van der Waals surface area (Å²) < 4.78 is 65.5. The minimum absolute atomic E-state index is 0.161. The summed E-state index contributed by atoms with van der Waals surface area (Å²) in [5.74, 6) is -0.364. The van der Waals surface area contributed by atoms with Crippen molar-refractivity contribution in [2.75, 3.05) is 0 Å². The lowest BCUT2D eigenvalue weighted by molar-refractivity contribution is -0.0500. The van der Waals surface area contributed by atoms with E-state index in [9.17, 15) is 21.6 Å². The van der Waals surface area contributed by atoms with Gasteiger partial charge in [-0.05, 0) is 56.6 Å². The highest BCUT2D eigenvalue weighted by Gasteiger charge is 2.50. The fourth-order valence-electron chi connectivity index (χ4n) is 3.94. The minimum Gasteiger partial charge on any atom is -0.375 e. The number of alkyl halides is 3. The molecule has 3 rings (SSSR count). The third-order valence-corrected chi connectivity index (χ3v) is 6.67. The van der Waals surface area contributed by atoms with E-state index in [-0.39, 0.29) is 21.1 Å². The van der Waals surface area contributed by atoms with Gasteiger partial charge in [0.15, 0.2) is 5.75 Å². The fraction of sp³-hybridized carbons (Fsp3) is 0.368. The molecular weight excluding hydrogens is 445 g/mol. The van der Waals surface area contributed by atoms with E-state index < -0.39 is 15.6 Å². The lowest BCUT2D eigenvalue weighted by Gasteiger charge is -2.28. The fourth-order valence-corrected chi connectivity index (χ4v) is 4.94. The molecule has 0 amide bonds. The number of rotatable bonds is 3. The smallest absolute Gasteiger partial charge is 0.375 e. The van der Waals surface area contributed by atoms with Gasteiger partial charge in [0.25, 0.3) is 0 Å². The molecule has 27 heavy (non-hydrogen) atoms. The molecule has 146 valence electrons. The Balaban J connectivity index is 2.15. The van der Waals surface area contributed by atoms with Crippen molar-refractivity contribution >= 4 is 26.0 Å². The van der Waals surface area contributed by atoms with E-state index in [4.69, 9.17) is 0 Å². The molecule has 1 unspecified atom stereocenters. The van der Waals surface area contributed by atoms with E-state index in [1.165, 1.54) is 6.07 Å². The van der Waals surface area contributed by atoms with Crippen molar-refractivity contribution in [3.8, 4) is 5.75 Å². The molecule has 0 saturated carbocycles. The first-order chi connectivity index (χ1) is 12.3. The zero-order valence-electron chi connectivity index (χ0n) is 14.9. The van der Waals surface area contributed by atoms with Crippen molar-refractivity contribution in [2.24, 2.45) is 0 Å². The Bertz CT molecular complexity index is 985. The quantitative estimate of drug-likeness (QED) is 0.436. The standard InChI is InChI=1S/C19H18BrF3O3S/c1-17(2)11-18(3,12-7-5-4-6-8-12)14-9-15(20)16(10-13(14)17)26-27(24,25)19(21,22)23/h4-10H,11H2,1-3H3. The minimum atomic E-state index is -5.74. The summed E-state index contributed by atoms with van der Waals surface area (Å²) in [5, 5.41) is 0. The average molecular weight is 463 g/mol. The van der Waals surface area contributed by atoms with Crippen LogP contribution in [0, 0.1) is 0 Å². The third-order valence-electron chi connectivity index (χ3n) is 5.09. The molecular formula is C19H18BrF3O3S. The van der Waals surface area contributed by atoms with Gasteiger partial charge in [0.2, 0.25) is 0 Å². The van der Waals surface area contributed by atoms with Gasteiger partial charge in [-0.1, -0.05) is 51.1 Å². The zero-order valence-corrected chi connectivity index (χ0v) is 17.3. The van der Waals surface area contributed by atoms with E-state index in [1.807, 2.05) is 44.2 Å². The van der Waals surface area contributed by atoms with Crippen LogP contribution in [0.4, 0.5) is 13.2 Å². The van der Waals surface area contributed by atoms with Gasteiger partial charge in [-0.2, -0.15) is 21.6 Å². The van der Waals surface area contributed by atoms with Gasteiger partial charge in [0.05, 0.1) is 4.47 Å². The zero-order chi connectivity index (χ0) is 20.3. The van der Waals surface area contributed by atoms with E-state index in [1.54, 1.807) is 6.07 Å². The van der Waals surface area contributed by atoms with Crippen LogP contribution in [0.15, 0.2) is 46.9 Å². The first-order valence-electron chi connectivity index (χ1n) is 8.19. The summed E-state index contributed by atoms with van der Waals surface area (Å²) in [6.45, 7) is 6.04. The summed E-state index contributed by atoms with van der Waals surface area (Å²) in [6, 6.07) is 12.9. The lowest BCUT2D eigenvalue weighted by Crippen LogP contribution is -2.28. The van der Waals surface area contributed by atoms with Gasteiger partial charge in [0, 0.05) is 5.41 Å². The molecule has 0 N–H and O–H groups in total. The van der Waals surface area contributed by atoms with E-state index in [2.05, 4.69) is 27.0 Å². The van der Waals surface area contributed by atoms with Crippen LogP contribution >= 0.6 is 15.9 Å². The normalized spacial score (nSPS) is 21.7. The van der Waals surface area contributed by atoms with Crippen LogP contribution in [-0.4, -0.2) is 13.9 Å². The van der Waals surface area contributed by atoms with Crippen LogP contribution in [0.5, 0.6) is 5.75 Å². The Morgan fingerprint density at radius 2 is 1.63 bits per heavy atom. The molecule has 0 radical (unpaired) electrons. The topological polar surface area (TPSA) is 43.4 Å². The largest absolute Gasteiger partial charge is 0.534 e. The summed E-state index contributed by atoms with van der Waals surface area (Å²) in [5.41, 5.74) is -3.43. The van der Waals surface area contributed by atoms with Crippen molar-refractivity contribution in [3.63, 3.8) is 0 Å². The summed E-state index contributed by atoms with van der Waals surface area (Å²) in [7, 11) is -5.74. The van der Waals surface area contributed by atoms with Crippen molar-refractivity contribution < 1.29 is 25.8 Å². The maximum absolute atomic E-state index is 12.7. The van der Waals surface area contributed by atoms with Crippen LogP contribution in [0.25, 0.3) is 0 Å². The van der Waals surface area contributed by atoms with Gasteiger partial charge < -0.3 is 4.18 Å². The van der Waals surface area contributed by atoms with Crippen molar-refractivity contribution in [3.05, 3.63) is 63.6 Å². The van der Waals surface area contributed by atoms with Gasteiger partial charge in [-0.25, -0.2) is 0 Å². The average Bonchev–Trinajstić information content (AvgIpc) is 2.74. The van der Waals surface area contributed by atoms with Crippen molar-refractivity contribution in [1.82, 2.24) is 0 Å². The molecule has 0 heterocycles.